The maximum absolute atomic E-state index is 13.3. The quantitative estimate of drug-likeness (QED) is 0.207. The lowest BCUT2D eigenvalue weighted by molar-refractivity contribution is -0.170. The van der Waals surface area contributed by atoms with Crippen LogP contribution < -0.4 is 4.74 Å². The molecule has 0 amide bonds. The topological polar surface area (TPSA) is 161 Å². The minimum absolute atomic E-state index is 0.243. The molecule has 0 radical (unpaired) electrons. The minimum atomic E-state index is -2.74. The van der Waals surface area contributed by atoms with E-state index in [0.29, 0.717) is 6.61 Å². The number of carboxylic acid groups (broad SMARTS) is 3. The van der Waals surface area contributed by atoms with Crippen molar-refractivity contribution in [3.63, 3.8) is 0 Å². The van der Waals surface area contributed by atoms with Gasteiger partial charge in [-0.15, -0.1) is 0 Å². The third-order valence-corrected chi connectivity index (χ3v) is 5.90. The number of nitrogens with zero attached hydrogens (tertiary/aromatic N) is 3. The summed E-state index contributed by atoms with van der Waals surface area (Å²) < 4.78 is 19.1. The number of benzene rings is 2. The standard InChI is InChI=1S/C24H28FN3O.C6H8O7/c1-27(2)13-14-28(18-22-6-4-12-26-16-22)17-20-8-10-24(11-9-20)29-19-21-5-3-7-23(25)15-21;7-3(8)1-6(13,5(11)12)2-4(9)10/h3-12,15-16H,13-14,17-19H2,1-2H3;13H,1-2H2,(H,7,8)(H,9,10)(H,11,12). The number of ether oxygens (including phenoxy) is 1. The molecule has 0 atom stereocenters. The summed E-state index contributed by atoms with van der Waals surface area (Å²) >= 11 is 0. The third-order valence-electron chi connectivity index (χ3n) is 5.90. The Morgan fingerprint density at radius 2 is 1.48 bits per heavy atom. The number of pyridine rings is 1. The molecular weight excluding hydrogens is 549 g/mol. The molecule has 2 aromatic carbocycles. The van der Waals surface area contributed by atoms with Gasteiger partial charge in [0.2, 0.25) is 0 Å². The third kappa shape index (κ3) is 12.9. The SMILES string of the molecule is CN(C)CCN(Cc1ccc(OCc2cccc(F)c2)cc1)Cc1cccnc1.O=C(O)CC(O)(CC(=O)O)C(=O)O. The first-order valence-corrected chi connectivity index (χ1v) is 13.0. The number of rotatable bonds is 15. The molecule has 0 aliphatic rings. The van der Waals surface area contributed by atoms with Crippen LogP contribution in [0.15, 0.2) is 73.1 Å². The van der Waals surface area contributed by atoms with Crippen molar-refractivity contribution >= 4 is 17.9 Å². The number of halogens is 1. The van der Waals surface area contributed by atoms with Crippen molar-refractivity contribution in [3.05, 3.63) is 95.6 Å². The summed E-state index contributed by atoms with van der Waals surface area (Å²) in [6, 6.07) is 18.7. The molecule has 226 valence electrons. The first-order valence-electron chi connectivity index (χ1n) is 13.0. The van der Waals surface area contributed by atoms with Gasteiger partial charge in [-0.1, -0.05) is 30.3 Å². The van der Waals surface area contributed by atoms with E-state index in [0.717, 1.165) is 37.5 Å². The Balaban J connectivity index is 0.000000401. The average molecular weight is 586 g/mol. The summed E-state index contributed by atoms with van der Waals surface area (Å²) in [6.07, 6.45) is 1.44. The zero-order chi connectivity index (χ0) is 31.1. The average Bonchev–Trinajstić information content (AvgIpc) is 2.91. The predicted molar refractivity (Wildman–Crippen MR) is 151 cm³/mol. The van der Waals surface area contributed by atoms with Gasteiger partial charge in [0.15, 0.2) is 5.60 Å². The van der Waals surface area contributed by atoms with Crippen LogP contribution in [0.2, 0.25) is 0 Å². The summed E-state index contributed by atoms with van der Waals surface area (Å²) in [7, 11) is 4.18. The van der Waals surface area contributed by atoms with Crippen LogP contribution in [-0.2, 0) is 34.1 Å². The molecule has 1 aromatic heterocycles. The van der Waals surface area contributed by atoms with Crippen LogP contribution in [0, 0.1) is 5.82 Å². The van der Waals surface area contributed by atoms with Crippen molar-refractivity contribution < 1.29 is 43.9 Å². The highest BCUT2D eigenvalue weighted by atomic mass is 19.1. The van der Waals surface area contributed by atoms with Crippen molar-refractivity contribution in [2.45, 2.75) is 38.1 Å². The molecule has 0 unspecified atom stereocenters. The van der Waals surface area contributed by atoms with Gasteiger partial charge in [0, 0.05) is 38.6 Å². The lowest BCUT2D eigenvalue weighted by Gasteiger charge is -2.24. The van der Waals surface area contributed by atoms with E-state index in [4.69, 9.17) is 25.2 Å². The molecule has 0 aliphatic heterocycles. The Bertz CT molecular complexity index is 1270. The fraction of sp³-hybridized carbons (Fsp3) is 0.333. The minimum Gasteiger partial charge on any atom is -0.489 e. The van der Waals surface area contributed by atoms with Gasteiger partial charge in [-0.05, 0) is 61.1 Å². The molecule has 0 aliphatic carbocycles. The Morgan fingerprint density at radius 3 is 2.00 bits per heavy atom. The van der Waals surface area contributed by atoms with Crippen molar-refractivity contribution in [1.82, 2.24) is 14.8 Å². The zero-order valence-electron chi connectivity index (χ0n) is 23.5. The second-order valence-corrected chi connectivity index (χ2v) is 9.92. The van der Waals surface area contributed by atoms with Crippen molar-refractivity contribution in [1.29, 1.82) is 0 Å². The number of carboxylic acids is 3. The number of aromatic nitrogens is 1. The van der Waals surface area contributed by atoms with E-state index < -0.39 is 36.4 Å². The lowest BCUT2D eigenvalue weighted by atomic mass is 9.96. The number of hydrogen-bond acceptors (Lipinski definition) is 8. The number of aliphatic carboxylic acids is 3. The monoisotopic (exact) mass is 585 g/mol. The van der Waals surface area contributed by atoms with E-state index in [2.05, 4.69) is 47.1 Å². The highest BCUT2D eigenvalue weighted by molar-refractivity contribution is 5.88. The molecule has 42 heavy (non-hydrogen) atoms. The van der Waals surface area contributed by atoms with Gasteiger partial charge in [0.1, 0.15) is 18.2 Å². The molecule has 1 heterocycles. The van der Waals surface area contributed by atoms with Crippen LogP contribution in [0.4, 0.5) is 4.39 Å². The van der Waals surface area contributed by atoms with Gasteiger partial charge in [-0.2, -0.15) is 0 Å². The van der Waals surface area contributed by atoms with Gasteiger partial charge < -0.3 is 30.1 Å². The van der Waals surface area contributed by atoms with E-state index in [1.165, 1.54) is 23.3 Å². The summed E-state index contributed by atoms with van der Waals surface area (Å²) in [5.41, 5.74) is 0.518. The van der Waals surface area contributed by atoms with Gasteiger partial charge >= 0.3 is 17.9 Å². The molecule has 0 spiro atoms. The van der Waals surface area contributed by atoms with E-state index in [1.54, 1.807) is 12.3 Å². The highest BCUT2D eigenvalue weighted by Crippen LogP contribution is 2.17. The van der Waals surface area contributed by atoms with E-state index in [1.807, 2.05) is 30.5 Å². The normalized spacial score (nSPS) is 11.1. The van der Waals surface area contributed by atoms with Crippen LogP contribution in [-0.4, -0.2) is 85.9 Å². The fourth-order valence-corrected chi connectivity index (χ4v) is 3.76. The van der Waals surface area contributed by atoms with Crippen LogP contribution in [0.25, 0.3) is 0 Å². The van der Waals surface area contributed by atoms with E-state index in [-0.39, 0.29) is 5.82 Å². The Labute approximate surface area is 243 Å². The first kappa shape index (κ1) is 33.8. The molecule has 0 saturated heterocycles. The Kier molecular flexibility index (Phi) is 13.5. The summed E-state index contributed by atoms with van der Waals surface area (Å²) in [5.74, 6) is -4.48. The number of aliphatic hydroxyl groups is 1. The number of likely N-dealkylation sites (N-methyl/N-ethyl adjacent to an activating group) is 1. The Hall–Kier alpha value is -4.39. The highest BCUT2D eigenvalue weighted by Gasteiger charge is 2.40. The maximum Gasteiger partial charge on any atom is 0.336 e. The van der Waals surface area contributed by atoms with Gasteiger partial charge in [0.25, 0.3) is 0 Å². The van der Waals surface area contributed by atoms with Gasteiger partial charge in [0.05, 0.1) is 12.8 Å². The summed E-state index contributed by atoms with van der Waals surface area (Å²) in [5, 5.41) is 33.8. The molecule has 12 heteroatoms. The molecule has 0 saturated carbocycles. The van der Waals surface area contributed by atoms with Gasteiger partial charge in [-0.25, -0.2) is 9.18 Å². The van der Waals surface area contributed by atoms with Crippen molar-refractivity contribution in [3.8, 4) is 5.75 Å². The van der Waals surface area contributed by atoms with E-state index in [9.17, 15) is 18.8 Å². The Morgan fingerprint density at radius 1 is 0.857 bits per heavy atom. The van der Waals surface area contributed by atoms with Crippen LogP contribution in [0.5, 0.6) is 5.75 Å². The number of hydrogen-bond donors (Lipinski definition) is 4. The second kappa shape index (κ2) is 16.8. The largest absolute Gasteiger partial charge is 0.489 e. The summed E-state index contributed by atoms with van der Waals surface area (Å²) in [6.45, 7) is 4.04. The van der Waals surface area contributed by atoms with Crippen LogP contribution in [0.3, 0.4) is 0 Å². The van der Waals surface area contributed by atoms with Crippen molar-refractivity contribution in [2.75, 3.05) is 27.2 Å². The molecule has 3 aromatic rings. The van der Waals surface area contributed by atoms with Crippen LogP contribution in [0.1, 0.15) is 29.5 Å². The van der Waals surface area contributed by atoms with Gasteiger partial charge in [-0.3, -0.25) is 19.5 Å². The smallest absolute Gasteiger partial charge is 0.336 e. The fourth-order valence-electron chi connectivity index (χ4n) is 3.76. The molecule has 4 N–H and O–H groups in total. The first-order chi connectivity index (χ1) is 19.9. The summed E-state index contributed by atoms with van der Waals surface area (Å²) in [4.78, 5) is 39.3. The second-order valence-electron chi connectivity index (χ2n) is 9.92. The van der Waals surface area contributed by atoms with Crippen molar-refractivity contribution in [2.24, 2.45) is 0 Å². The molecule has 0 bridgehead atoms. The molecule has 11 nitrogen and oxygen atoms in total. The molecule has 3 rings (SSSR count). The molecule has 0 fully saturated rings. The predicted octanol–water partition coefficient (Wildman–Crippen LogP) is 3.12. The number of carbonyl (C=O) groups is 3. The van der Waals surface area contributed by atoms with E-state index >= 15 is 0 Å². The molecular formula is C30H36FN3O8. The zero-order valence-corrected chi connectivity index (χ0v) is 23.5. The maximum atomic E-state index is 13.3. The van der Waals surface area contributed by atoms with Crippen LogP contribution >= 0.6 is 0 Å². The lowest BCUT2D eigenvalue weighted by Crippen LogP contribution is -2.42.